The number of aromatic nitrogens is 3. The van der Waals surface area contributed by atoms with Gasteiger partial charge in [0.15, 0.2) is 0 Å². The normalized spacial score (nSPS) is 12.7. The third-order valence-corrected chi connectivity index (χ3v) is 2.51. The van der Waals surface area contributed by atoms with Crippen LogP contribution >= 0.6 is 0 Å². The average molecular weight is 203 g/mol. The fourth-order valence-electron chi connectivity index (χ4n) is 1.55. The molecular formula is C11H13N3O. The van der Waals surface area contributed by atoms with E-state index in [-0.39, 0.29) is 0 Å². The number of imidazole rings is 1. The Bertz CT molecular complexity index is 464. The van der Waals surface area contributed by atoms with E-state index in [1.54, 1.807) is 29.5 Å². The summed E-state index contributed by atoms with van der Waals surface area (Å²) in [6, 6.07) is 1.88. The zero-order valence-corrected chi connectivity index (χ0v) is 8.75. The lowest BCUT2D eigenvalue weighted by Crippen LogP contribution is -2.06. The van der Waals surface area contributed by atoms with Crippen molar-refractivity contribution >= 4 is 0 Å². The Morgan fingerprint density at radius 1 is 1.33 bits per heavy atom. The van der Waals surface area contributed by atoms with Gasteiger partial charge in [0.1, 0.15) is 6.10 Å². The lowest BCUT2D eigenvalue weighted by Gasteiger charge is -2.13. The van der Waals surface area contributed by atoms with E-state index in [2.05, 4.69) is 9.97 Å². The summed E-state index contributed by atoms with van der Waals surface area (Å²) in [5, 5.41) is 10.1. The van der Waals surface area contributed by atoms with Crippen LogP contribution in [0.2, 0.25) is 0 Å². The van der Waals surface area contributed by atoms with Gasteiger partial charge in [0, 0.05) is 25.0 Å². The van der Waals surface area contributed by atoms with E-state index in [1.807, 2.05) is 20.0 Å². The highest BCUT2D eigenvalue weighted by atomic mass is 16.3. The molecule has 4 heteroatoms. The molecule has 0 aliphatic carbocycles. The van der Waals surface area contributed by atoms with Gasteiger partial charge in [-0.2, -0.15) is 0 Å². The largest absolute Gasteiger partial charge is 0.382 e. The van der Waals surface area contributed by atoms with Gasteiger partial charge in [-0.1, -0.05) is 0 Å². The zero-order chi connectivity index (χ0) is 10.8. The zero-order valence-electron chi connectivity index (χ0n) is 8.75. The van der Waals surface area contributed by atoms with Gasteiger partial charge in [0.25, 0.3) is 0 Å². The molecule has 0 aromatic carbocycles. The van der Waals surface area contributed by atoms with Crippen molar-refractivity contribution in [3.8, 4) is 0 Å². The van der Waals surface area contributed by atoms with Crippen molar-refractivity contribution in [2.24, 2.45) is 7.05 Å². The highest BCUT2D eigenvalue weighted by Crippen LogP contribution is 2.22. The molecule has 0 amide bonds. The van der Waals surface area contributed by atoms with Crippen LogP contribution in [0.3, 0.4) is 0 Å². The average Bonchev–Trinajstić information content (AvgIpc) is 2.64. The Kier molecular flexibility index (Phi) is 2.51. The molecular weight excluding hydrogens is 190 g/mol. The molecule has 0 saturated carbocycles. The predicted molar refractivity (Wildman–Crippen MR) is 56.2 cm³/mol. The first-order valence-corrected chi connectivity index (χ1v) is 4.75. The molecule has 0 radical (unpaired) electrons. The number of aliphatic hydroxyl groups excluding tert-OH is 1. The number of hydrogen-bond acceptors (Lipinski definition) is 3. The predicted octanol–water partition coefficient (Wildman–Crippen LogP) is 1.21. The Balaban J connectivity index is 2.41. The summed E-state index contributed by atoms with van der Waals surface area (Å²) in [5.74, 6) is 0. The Labute approximate surface area is 88.2 Å². The first kappa shape index (κ1) is 9.86. The van der Waals surface area contributed by atoms with Crippen LogP contribution < -0.4 is 0 Å². The second-order valence-corrected chi connectivity index (χ2v) is 3.56. The van der Waals surface area contributed by atoms with Crippen molar-refractivity contribution in [2.75, 3.05) is 0 Å². The van der Waals surface area contributed by atoms with Gasteiger partial charge in [-0.05, 0) is 18.6 Å². The number of aryl methyl sites for hydroxylation is 2. The van der Waals surface area contributed by atoms with E-state index < -0.39 is 6.10 Å². The van der Waals surface area contributed by atoms with Crippen molar-refractivity contribution < 1.29 is 5.11 Å². The number of pyridine rings is 1. The fraction of sp³-hybridized carbons (Fsp3) is 0.273. The Morgan fingerprint density at radius 3 is 2.73 bits per heavy atom. The molecule has 0 fully saturated rings. The van der Waals surface area contributed by atoms with Gasteiger partial charge < -0.3 is 9.67 Å². The van der Waals surface area contributed by atoms with Gasteiger partial charge in [-0.25, -0.2) is 4.98 Å². The minimum absolute atomic E-state index is 0.661. The summed E-state index contributed by atoms with van der Waals surface area (Å²) in [6.07, 6.45) is 6.08. The Morgan fingerprint density at radius 2 is 2.13 bits per heavy atom. The molecule has 2 aromatic rings. The van der Waals surface area contributed by atoms with Gasteiger partial charge in [0.2, 0.25) is 0 Å². The summed E-state index contributed by atoms with van der Waals surface area (Å²) in [7, 11) is 1.86. The second-order valence-electron chi connectivity index (χ2n) is 3.56. The highest BCUT2D eigenvalue weighted by Gasteiger charge is 2.15. The molecule has 2 aromatic heterocycles. The molecule has 1 unspecified atom stereocenters. The van der Waals surface area contributed by atoms with E-state index in [0.717, 1.165) is 16.8 Å². The first-order chi connectivity index (χ1) is 7.20. The van der Waals surface area contributed by atoms with Crippen LogP contribution in [-0.4, -0.2) is 19.6 Å². The number of rotatable bonds is 2. The van der Waals surface area contributed by atoms with Crippen LogP contribution in [0.4, 0.5) is 0 Å². The van der Waals surface area contributed by atoms with E-state index in [0.29, 0.717) is 0 Å². The van der Waals surface area contributed by atoms with Crippen LogP contribution in [0.1, 0.15) is 22.9 Å². The SMILES string of the molecule is Cc1ccncc1C(O)c1cncn1C. The van der Waals surface area contributed by atoms with Gasteiger partial charge in [-0.3, -0.25) is 4.98 Å². The molecule has 0 aliphatic heterocycles. The maximum absolute atomic E-state index is 10.1. The van der Waals surface area contributed by atoms with Crippen molar-refractivity contribution in [3.05, 3.63) is 47.8 Å². The standard InChI is InChI=1S/C11H13N3O/c1-8-3-4-12-5-9(8)11(15)10-6-13-7-14(10)2/h3-7,11,15H,1-2H3. The highest BCUT2D eigenvalue weighted by molar-refractivity contribution is 5.29. The van der Waals surface area contributed by atoms with Crippen LogP contribution in [0.5, 0.6) is 0 Å². The molecule has 0 bridgehead atoms. The molecule has 0 aliphatic rings. The first-order valence-electron chi connectivity index (χ1n) is 4.75. The van der Waals surface area contributed by atoms with E-state index in [9.17, 15) is 5.11 Å². The summed E-state index contributed by atoms with van der Waals surface area (Å²) in [5.41, 5.74) is 2.62. The van der Waals surface area contributed by atoms with Crippen LogP contribution in [0.25, 0.3) is 0 Å². The van der Waals surface area contributed by atoms with E-state index >= 15 is 0 Å². The smallest absolute Gasteiger partial charge is 0.122 e. The quantitative estimate of drug-likeness (QED) is 0.798. The molecule has 15 heavy (non-hydrogen) atoms. The summed E-state index contributed by atoms with van der Waals surface area (Å²) in [4.78, 5) is 8.00. The third kappa shape index (κ3) is 1.76. The number of nitrogens with zero attached hydrogens (tertiary/aromatic N) is 3. The lowest BCUT2D eigenvalue weighted by molar-refractivity contribution is 0.210. The molecule has 2 rings (SSSR count). The molecule has 1 N–H and O–H groups in total. The van der Waals surface area contributed by atoms with Crippen molar-refractivity contribution in [2.45, 2.75) is 13.0 Å². The van der Waals surface area contributed by atoms with Gasteiger partial charge in [0.05, 0.1) is 18.2 Å². The van der Waals surface area contributed by atoms with Crippen LogP contribution in [-0.2, 0) is 7.05 Å². The summed E-state index contributed by atoms with van der Waals surface area (Å²) < 4.78 is 1.80. The van der Waals surface area contributed by atoms with Crippen LogP contribution in [0, 0.1) is 6.92 Å². The van der Waals surface area contributed by atoms with Crippen molar-refractivity contribution in [3.63, 3.8) is 0 Å². The monoisotopic (exact) mass is 203 g/mol. The van der Waals surface area contributed by atoms with Crippen LogP contribution in [0.15, 0.2) is 31.0 Å². The maximum atomic E-state index is 10.1. The van der Waals surface area contributed by atoms with Crippen molar-refractivity contribution in [1.82, 2.24) is 14.5 Å². The number of aliphatic hydroxyl groups is 1. The summed E-state index contributed by atoms with van der Waals surface area (Å²) in [6.45, 7) is 1.95. The summed E-state index contributed by atoms with van der Waals surface area (Å²) >= 11 is 0. The minimum atomic E-state index is -0.661. The molecule has 0 spiro atoms. The Hall–Kier alpha value is -1.68. The van der Waals surface area contributed by atoms with Gasteiger partial charge in [-0.15, -0.1) is 0 Å². The maximum Gasteiger partial charge on any atom is 0.122 e. The van der Waals surface area contributed by atoms with E-state index in [1.165, 1.54) is 0 Å². The third-order valence-electron chi connectivity index (χ3n) is 2.51. The lowest BCUT2D eigenvalue weighted by atomic mass is 10.0. The molecule has 1 atom stereocenters. The molecule has 78 valence electrons. The topological polar surface area (TPSA) is 50.9 Å². The van der Waals surface area contributed by atoms with E-state index in [4.69, 9.17) is 0 Å². The fourth-order valence-corrected chi connectivity index (χ4v) is 1.55. The molecule has 0 saturated heterocycles. The van der Waals surface area contributed by atoms with Crippen molar-refractivity contribution in [1.29, 1.82) is 0 Å². The second kappa shape index (κ2) is 3.82. The van der Waals surface area contributed by atoms with Gasteiger partial charge >= 0.3 is 0 Å². The molecule has 2 heterocycles. The number of hydrogen-bond donors (Lipinski definition) is 1. The molecule has 4 nitrogen and oxygen atoms in total. The minimum Gasteiger partial charge on any atom is -0.382 e.